The van der Waals surface area contributed by atoms with Gasteiger partial charge in [0.25, 0.3) is 0 Å². The summed E-state index contributed by atoms with van der Waals surface area (Å²) in [6.45, 7) is 1.59. The number of hydrogen-bond donors (Lipinski definition) is 1. The van der Waals surface area contributed by atoms with E-state index in [1.54, 1.807) is 37.0 Å². The molecule has 0 spiro atoms. The summed E-state index contributed by atoms with van der Waals surface area (Å²) in [4.78, 5) is 11.3. The second-order valence-corrected chi connectivity index (χ2v) is 7.25. The predicted molar refractivity (Wildman–Crippen MR) is 83.3 cm³/mol. The van der Waals surface area contributed by atoms with Crippen LogP contribution in [0.15, 0.2) is 40.3 Å². The van der Waals surface area contributed by atoms with Crippen molar-refractivity contribution < 1.29 is 18.3 Å². The third-order valence-electron chi connectivity index (χ3n) is 4.03. The van der Waals surface area contributed by atoms with E-state index in [2.05, 4.69) is 5.10 Å². The molecule has 0 aliphatic rings. The Morgan fingerprint density at radius 3 is 2.52 bits per heavy atom. The van der Waals surface area contributed by atoms with Crippen molar-refractivity contribution in [1.82, 2.24) is 14.3 Å². The lowest BCUT2D eigenvalue weighted by Crippen LogP contribution is -2.05. The van der Waals surface area contributed by atoms with Gasteiger partial charge in [-0.05, 0) is 31.2 Å². The highest BCUT2D eigenvalue weighted by molar-refractivity contribution is 7.91. The molecule has 0 saturated heterocycles. The standard InChI is InChI=1S/C15H15N3O4S/c1-9-14(7-13(15(19)20)17(9)2)23(21,22)11-4-5-12-10(6-11)8-16-18(12)3/h4-8H,1-3H3,(H,19,20). The fraction of sp³-hybridized carbons (Fsp3) is 0.200. The number of carbonyl (C=O) groups is 1. The van der Waals surface area contributed by atoms with Gasteiger partial charge in [-0.2, -0.15) is 5.10 Å². The fourth-order valence-electron chi connectivity index (χ4n) is 2.58. The highest BCUT2D eigenvalue weighted by atomic mass is 32.2. The molecule has 0 aliphatic carbocycles. The van der Waals surface area contributed by atoms with Crippen molar-refractivity contribution in [3.8, 4) is 0 Å². The van der Waals surface area contributed by atoms with Gasteiger partial charge in [-0.25, -0.2) is 13.2 Å². The van der Waals surface area contributed by atoms with Gasteiger partial charge < -0.3 is 9.67 Å². The maximum Gasteiger partial charge on any atom is 0.352 e. The van der Waals surface area contributed by atoms with Crippen LogP contribution < -0.4 is 0 Å². The van der Waals surface area contributed by atoms with Crippen LogP contribution in [0.3, 0.4) is 0 Å². The minimum Gasteiger partial charge on any atom is -0.477 e. The summed E-state index contributed by atoms with van der Waals surface area (Å²) in [5.41, 5.74) is 1.14. The highest BCUT2D eigenvalue weighted by Crippen LogP contribution is 2.28. The number of rotatable bonds is 3. The van der Waals surface area contributed by atoms with Gasteiger partial charge >= 0.3 is 5.97 Å². The Balaban J connectivity index is 2.21. The Morgan fingerprint density at radius 2 is 1.91 bits per heavy atom. The predicted octanol–water partition coefficient (Wildman–Crippen LogP) is 1.75. The number of aromatic carboxylic acids is 1. The van der Waals surface area contributed by atoms with E-state index in [0.717, 1.165) is 5.52 Å². The molecular weight excluding hydrogens is 318 g/mol. The van der Waals surface area contributed by atoms with E-state index in [4.69, 9.17) is 5.11 Å². The van der Waals surface area contributed by atoms with Crippen LogP contribution in [-0.2, 0) is 23.9 Å². The molecule has 0 radical (unpaired) electrons. The minimum atomic E-state index is -3.81. The average molecular weight is 333 g/mol. The van der Waals surface area contributed by atoms with Crippen LogP contribution in [0.4, 0.5) is 0 Å². The van der Waals surface area contributed by atoms with Gasteiger partial charge in [-0.3, -0.25) is 4.68 Å². The quantitative estimate of drug-likeness (QED) is 0.788. The zero-order valence-electron chi connectivity index (χ0n) is 12.8. The van der Waals surface area contributed by atoms with E-state index >= 15 is 0 Å². The van der Waals surface area contributed by atoms with E-state index in [-0.39, 0.29) is 15.5 Å². The van der Waals surface area contributed by atoms with E-state index in [9.17, 15) is 13.2 Å². The number of aromatic nitrogens is 3. The van der Waals surface area contributed by atoms with E-state index in [1.807, 2.05) is 0 Å². The molecular formula is C15H15N3O4S. The molecule has 0 bridgehead atoms. The van der Waals surface area contributed by atoms with E-state index in [0.29, 0.717) is 11.1 Å². The van der Waals surface area contributed by atoms with Crippen molar-refractivity contribution in [3.63, 3.8) is 0 Å². The number of sulfone groups is 1. The lowest BCUT2D eigenvalue weighted by atomic mass is 10.2. The number of benzene rings is 1. The molecule has 0 fully saturated rings. The molecule has 0 saturated carbocycles. The first kappa shape index (κ1) is 15.3. The highest BCUT2D eigenvalue weighted by Gasteiger charge is 2.26. The number of aryl methyl sites for hydroxylation is 1. The van der Waals surface area contributed by atoms with Gasteiger partial charge in [0.15, 0.2) is 0 Å². The monoisotopic (exact) mass is 333 g/mol. The van der Waals surface area contributed by atoms with Crippen LogP contribution in [0.25, 0.3) is 10.9 Å². The third-order valence-corrected chi connectivity index (χ3v) is 5.89. The van der Waals surface area contributed by atoms with Crippen molar-refractivity contribution in [1.29, 1.82) is 0 Å². The summed E-state index contributed by atoms with van der Waals surface area (Å²) in [5, 5.41) is 14.0. The second-order valence-electron chi connectivity index (χ2n) is 5.34. The number of hydrogen-bond acceptors (Lipinski definition) is 4. The van der Waals surface area contributed by atoms with E-state index < -0.39 is 15.8 Å². The number of nitrogens with zero attached hydrogens (tertiary/aromatic N) is 3. The van der Waals surface area contributed by atoms with Crippen LogP contribution in [0.5, 0.6) is 0 Å². The zero-order valence-corrected chi connectivity index (χ0v) is 13.6. The van der Waals surface area contributed by atoms with Gasteiger partial charge in [0, 0.05) is 25.2 Å². The lowest BCUT2D eigenvalue weighted by molar-refractivity contribution is 0.0686. The Labute approximate surface area is 132 Å². The third kappa shape index (κ3) is 2.22. The Kier molecular flexibility index (Phi) is 3.29. The second kappa shape index (κ2) is 4.95. The number of carboxylic acid groups (broad SMARTS) is 1. The number of carboxylic acids is 1. The first-order chi connectivity index (χ1) is 10.7. The fourth-order valence-corrected chi connectivity index (χ4v) is 4.16. The smallest absolute Gasteiger partial charge is 0.352 e. The summed E-state index contributed by atoms with van der Waals surface area (Å²) in [7, 11) is -0.504. The molecule has 8 heteroatoms. The SMILES string of the molecule is Cc1c(S(=O)(=O)c2ccc3c(cnn3C)c2)cc(C(=O)O)n1C. The summed E-state index contributed by atoms with van der Waals surface area (Å²) < 4.78 is 28.7. The molecule has 23 heavy (non-hydrogen) atoms. The molecule has 1 aromatic carbocycles. The largest absolute Gasteiger partial charge is 0.477 e. The summed E-state index contributed by atoms with van der Waals surface area (Å²) in [6, 6.07) is 5.93. The normalized spacial score (nSPS) is 12.0. The first-order valence-corrected chi connectivity index (χ1v) is 8.28. The molecule has 120 valence electrons. The van der Waals surface area contributed by atoms with Crippen molar-refractivity contribution in [3.05, 3.63) is 41.9 Å². The van der Waals surface area contributed by atoms with Crippen molar-refractivity contribution >= 4 is 26.7 Å². The van der Waals surface area contributed by atoms with Crippen LogP contribution in [0.2, 0.25) is 0 Å². The molecule has 1 N–H and O–H groups in total. The Morgan fingerprint density at radius 1 is 1.22 bits per heavy atom. The van der Waals surface area contributed by atoms with E-state index in [1.165, 1.54) is 23.7 Å². The van der Waals surface area contributed by atoms with Gasteiger partial charge in [0.05, 0.1) is 21.5 Å². The van der Waals surface area contributed by atoms with Crippen molar-refractivity contribution in [2.45, 2.75) is 16.7 Å². The van der Waals surface area contributed by atoms with Crippen LogP contribution in [0, 0.1) is 6.92 Å². The van der Waals surface area contributed by atoms with Gasteiger partial charge in [0.1, 0.15) is 5.69 Å². The van der Waals surface area contributed by atoms with Crippen LogP contribution in [0.1, 0.15) is 16.2 Å². The molecule has 0 atom stereocenters. The molecule has 3 aromatic rings. The molecule has 0 unspecified atom stereocenters. The van der Waals surface area contributed by atoms with Crippen molar-refractivity contribution in [2.75, 3.05) is 0 Å². The molecule has 0 amide bonds. The minimum absolute atomic E-state index is 0.000593. The maximum absolute atomic E-state index is 12.9. The van der Waals surface area contributed by atoms with Crippen molar-refractivity contribution in [2.24, 2.45) is 14.1 Å². The molecule has 0 aliphatic heterocycles. The topological polar surface area (TPSA) is 94.2 Å². The molecule has 7 nitrogen and oxygen atoms in total. The summed E-state index contributed by atoms with van der Waals surface area (Å²) in [5.74, 6) is -1.17. The van der Waals surface area contributed by atoms with Crippen LogP contribution in [-0.4, -0.2) is 33.8 Å². The molecule has 3 rings (SSSR count). The summed E-state index contributed by atoms with van der Waals surface area (Å²) in [6.07, 6.45) is 1.59. The Hall–Kier alpha value is -2.61. The zero-order chi connectivity index (χ0) is 16.9. The van der Waals surface area contributed by atoms with Gasteiger partial charge in [0.2, 0.25) is 9.84 Å². The number of fused-ring (bicyclic) bond motifs is 1. The molecule has 2 aromatic heterocycles. The lowest BCUT2D eigenvalue weighted by Gasteiger charge is -2.05. The first-order valence-electron chi connectivity index (χ1n) is 6.80. The summed E-state index contributed by atoms with van der Waals surface area (Å²) >= 11 is 0. The van der Waals surface area contributed by atoms with Gasteiger partial charge in [-0.1, -0.05) is 0 Å². The van der Waals surface area contributed by atoms with Crippen LogP contribution >= 0.6 is 0 Å². The Bertz CT molecular complexity index is 1040. The average Bonchev–Trinajstić information content (AvgIpc) is 3.01. The maximum atomic E-state index is 12.9. The van der Waals surface area contributed by atoms with Gasteiger partial charge in [-0.15, -0.1) is 0 Å². The molecule has 2 heterocycles.